The first-order valence-corrected chi connectivity index (χ1v) is 7.77. The molecule has 6 heteroatoms. The van der Waals surface area contributed by atoms with Gasteiger partial charge in [-0.05, 0) is 31.0 Å². The van der Waals surface area contributed by atoms with Gasteiger partial charge in [-0.3, -0.25) is 0 Å². The molecule has 22 heavy (non-hydrogen) atoms. The largest absolute Gasteiger partial charge is 0.378 e. The van der Waals surface area contributed by atoms with E-state index in [2.05, 4.69) is 25.2 Å². The maximum absolute atomic E-state index is 5.37. The molecule has 114 valence electrons. The summed E-state index contributed by atoms with van der Waals surface area (Å²) in [5.74, 6) is 2.59. The van der Waals surface area contributed by atoms with Crippen molar-refractivity contribution in [2.24, 2.45) is 0 Å². The number of morpholine rings is 1. The average molecular weight is 297 g/mol. The summed E-state index contributed by atoms with van der Waals surface area (Å²) in [7, 11) is 0. The first kappa shape index (κ1) is 13.5. The van der Waals surface area contributed by atoms with Crippen LogP contribution in [0.4, 0.5) is 11.6 Å². The van der Waals surface area contributed by atoms with Gasteiger partial charge < -0.3 is 15.0 Å². The van der Waals surface area contributed by atoms with Gasteiger partial charge in [0.15, 0.2) is 5.82 Å². The quantitative estimate of drug-likeness (QED) is 0.930. The Hall–Kier alpha value is -2.21. The minimum atomic E-state index is 0.588. The molecule has 1 aliphatic carbocycles. The molecule has 2 aromatic heterocycles. The van der Waals surface area contributed by atoms with Crippen molar-refractivity contribution >= 4 is 11.6 Å². The molecule has 2 aromatic rings. The monoisotopic (exact) mass is 297 g/mol. The summed E-state index contributed by atoms with van der Waals surface area (Å²) < 4.78 is 5.37. The minimum absolute atomic E-state index is 0.588. The van der Waals surface area contributed by atoms with E-state index in [0.29, 0.717) is 11.9 Å². The van der Waals surface area contributed by atoms with E-state index in [9.17, 15) is 0 Å². The summed E-state index contributed by atoms with van der Waals surface area (Å²) in [5.41, 5.74) is 0.941. The summed E-state index contributed by atoms with van der Waals surface area (Å²) in [6.07, 6.45) is 6.11. The summed E-state index contributed by atoms with van der Waals surface area (Å²) in [6, 6.07) is 6.57. The van der Waals surface area contributed by atoms with E-state index in [1.165, 1.54) is 12.8 Å². The SMILES string of the molecule is c1cc(NC2CC2)nc(-c2ccc(N3CCOCC3)nc2)n1. The van der Waals surface area contributed by atoms with Gasteiger partial charge in [-0.25, -0.2) is 15.0 Å². The van der Waals surface area contributed by atoms with Crippen LogP contribution in [-0.2, 0) is 4.74 Å². The van der Waals surface area contributed by atoms with Gasteiger partial charge in [0, 0.05) is 37.1 Å². The van der Waals surface area contributed by atoms with Crippen LogP contribution in [0.5, 0.6) is 0 Å². The van der Waals surface area contributed by atoms with E-state index in [0.717, 1.165) is 43.5 Å². The Balaban J connectivity index is 1.52. The highest BCUT2D eigenvalue weighted by Crippen LogP contribution is 2.25. The van der Waals surface area contributed by atoms with Crippen molar-refractivity contribution in [1.82, 2.24) is 15.0 Å². The Bertz CT molecular complexity index is 635. The molecular weight excluding hydrogens is 278 g/mol. The molecule has 6 nitrogen and oxygen atoms in total. The fraction of sp³-hybridized carbons (Fsp3) is 0.438. The summed E-state index contributed by atoms with van der Waals surface area (Å²) in [4.78, 5) is 15.7. The molecule has 1 saturated heterocycles. The molecule has 1 saturated carbocycles. The highest BCUT2D eigenvalue weighted by atomic mass is 16.5. The van der Waals surface area contributed by atoms with Crippen LogP contribution in [0.25, 0.3) is 11.4 Å². The highest BCUT2D eigenvalue weighted by molar-refractivity contribution is 5.58. The van der Waals surface area contributed by atoms with E-state index in [4.69, 9.17) is 4.74 Å². The fourth-order valence-corrected chi connectivity index (χ4v) is 2.51. The Morgan fingerprint density at radius 2 is 1.95 bits per heavy atom. The second-order valence-electron chi connectivity index (χ2n) is 5.69. The third kappa shape index (κ3) is 3.01. The third-order valence-electron chi connectivity index (χ3n) is 3.93. The van der Waals surface area contributed by atoms with Crippen molar-refractivity contribution in [3.05, 3.63) is 30.6 Å². The molecule has 1 N–H and O–H groups in total. The lowest BCUT2D eigenvalue weighted by atomic mass is 10.2. The zero-order chi connectivity index (χ0) is 14.8. The fourth-order valence-electron chi connectivity index (χ4n) is 2.51. The molecule has 0 unspecified atom stereocenters. The number of rotatable bonds is 4. The lowest BCUT2D eigenvalue weighted by molar-refractivity contribution is 0.122. The van der Waals surface area contributed by atoms with Crippen molar-refractivity contribution in [3.8, 4) is 11.4 Å². The average Bonchev–Trinajstić information content (AvgIpc) is 3.40. The van der Waals surface area contributed by atoms with Crippen LogP contribution < -0.4 is 10.2 Å². The number of hydrogen-bond acceptors (Lipinski definition) is 6. The van der Waals surface area contributed by atoms with Crippen LogP contribution in [0.2, 0.25) is 0 Å². The molecule has 2 aliphatic rings. The molecule has 0 atom stereocenters. The van der Waals surface area contributed by atoms with Crippen molar-refractivity contribution in [1.29, 1.82) is 0 Å². The van der Waals surface area contributed by atoms with Gasteiger partial charge in [-0.15, -0.1) is 0 Å². The number of nitrogens with zero attached hydrogens (tertiary/aromatic N) is 4. The van der Waals surface area contributed by atoms with Gasteiger partial charge in [0.05, 0.1) is 13.2 Å². The molecule has 3 heterocycles. The zero-order valence-corrected chi connectivity index (χ0v) is 12.4. The van der Waals surface area contributed by atoms with Crippen molar-refractivity contribution in [3.63, 3.8) is 0 Å². The minimum Gasteiger partial charge on any atom is -0.378 e. The molecule has 0 bridgehead atoms. The molecule has 0 spiro atoms. The Morgan fingerprint density at radius 1 is 1.09 bits per heavy atom. The first-order chi connectivity index (χ1) is 10.9. The molecule has 4 rings (SSSR count). The summed E-state index contributed by atoms with van der Waals surface area (Å²) in [6.45, 7) is 3.32. The van der Waals surface area contributed by atoms with E-state index >= 15 is 0 Å². The van der Waals surface area contributed by atoms with Crippen molar-refractivity contribution in [2.75, 3.05) is 36.5 Å². The molecule has 0 radical (unpaired) electrons. The summed E-state index contributed by atoms with van der Waals surface area (Å²) >= 11 is 0. The Morgan fingerprint density at radius 3 is 2.68 bits per heavy atom. The molecule has 1 aliphatic heterocycles. The number of anilines is 2. The highest BCUT2D eigenvalue weighted by Gasteiger charge is 2.21. The summed E-state index contributed by atoms with van der Waals surface area (Å²) in [5, 5.41) is 3.40. The second kappa shape index (κ2) is 5.88. The van der Waals surface area contributed by atoms with Gasteiger partial charge in [0.1, 0.15) is 11.6 Å². The normalized spacial score (nSPS) is 18.3. The zero-order valence-electron chi connectivity index (χ0n) is 12.4. The number of pyridine rings is 1. The predicted molar refractivity (Wildman–Crippen MR) is 84.9 cm³/mol. The number of ether oxygens (including phenoxy) is 1. The Kier molecular flexibility index (Phi) is 3.60. The van der Waals surface area contributed by atoms with Crippen molar-refractivity contribution in [2.45, 2.75) is 18.9 Å². The van der Waals surface area contributed by atoms with Crippen LogP contribution in [-0.4, -0.2) is 47.3 Å². The number of hydrogen-bond donors (Lipinski definition) is 1. The Labute approximate surface area is 129 Å². The molecule has 0 amide bonds. The lowest BCUT2D eigenvalue weighted by Gasteiger charge is -2.27. The van der Waals surface area contributed by atoms with Gasteiger partial charge in [-0.1, -0.05) is 0 Å². The van der Waals surface area contributed by atoms with E-state index < -0.39 is 0 Å². The van der Waals surface area contributed by atoms with Crippen LogP contribution >= 0.6 is 0 Å². The van der Waals surface area contributed by atoms with Gasteiger partial charge >= 0.3 is 0 Å². The maximum Gasteiger partial charge on any atom is 0.163 e. The first-order valence-electron chi connectivity index (χ1n) is 7.77. The standard InChI is InChI=1S/C16H19N5O/c1-4-15(21-7-9-22-10-8-21)18-11-12(1)16-17-6-5-14(20-16)19-13-2-3-13/h1,4-6,11,13H,2-3,7-10H2,(H,17,19,20). The second-order valence-corrected chi connectivity index (χ2v) is 5.69. The van der Waals surface area contributed by atoms with Gasteiger partial charge in [0.25, 0.3) is 0 Å². The van der Waals surface area contributed by atoms with E-state index in [-0.39, 0.29) is 0 Å². The lowest BCUT2D eigenvalue weighted by Crippen LogP contribution is -2.36. The van der Waals surface area contributed by atoms with Crippen LogP contribution in [0, 0.1) is 0 Å². The third-order valence-corrected chi connectivity index (χ3v) is 3.93. The van der Waals surface area contributed by atoms with Gasteiger partial charge in [-0.2, -0.15) is 0 Å². The van der Waals surface area contributed by atoms with E-state index in [1.807, 2.05) is 24.4 Å². The van der Waals surface area contributed by atoms with Crippen molar-refractivity contribution < 1.29 is 4.74 Å². The number of aromatic nitrogens is 3. The van der Waals surface area contributed by atoms with E-state index in [1.54, 1.807) is 6.20 Å². The number of nitrogens with one attached hydrogen (secondary N) is 1. The predicted octanol–water partition coefficient (Wildman–Crippen LogP) is 1.95. The molecular formula is C16H19N5O. The smallest absolute Gasteiger partial charge is 0.163 e. The van der Waals surface area contributed by atoms with Gasteiger partial charge in [0.2, 0.25) is 0 Å². The van der Waals surface area contributed by atoms with Crippen LogP contribution in [0.1, 0.15) is 12.8 Å². The maximum atomic E-state index is 5.37. The molecule has 0 aromatic carbocycles. The van der Waals surface area contributed by atoms with Crippen LogP contribution in [0.15, 0.2) is 30.6 Å². The van der Waals surface area contributed by atoms with Crippen LogP contribution in [0.3, 0.4) is 0 Å². The molecule has 2 fully saturated rings. The topological polar surface area (TPSA) is 63.2 Å².